The molecule has 0 atom stereocenters. The average Bonchev–Trinajstić information content (AvgIpc) is 2.10. The summed E-state index contributed by atoms with van der Waals surface area (Å²) in [5.74, 6) is 0. The van der Waals surface area contributed by atoms with Crippen LogP contribution >= 0.6 is 23.2 Å². The molecular formula is C9H10Cl2N2. The first kappa shape index (κ1) is 10.5. The SMILES string of the molecule is N=C(CCN)c1ccc(Cl)c(Cl)c1. The first-order chi connectivity index (χ1) is 6.15. The summed E-state index contributed by atoms with van der Waals surface area (Å²) in [5.41, 5.74) is 6.60. The van der Waals surface area contributed by atoms with Crippen LogP contribution in [0.15, 0.2) is 18.2 Å². The molecule has 4 heteroatoms. The van der Waals surface area contributed by atoms with Gasteiger partial charge in [-0.25, -0.2) is 0 Å². The Labute approximate surface area is 87.2 Å². The van der Waals surface area contributed by atoms with Gasteiger partial charge >= 0.3 is 0 Å². The smallest absolute Gasteiger partial charge is 0.0598 e. The van der Waals surface area contributed by atoms with Gasteiger partial charge in [-0.1, -0.05) is 29.3 Å². The maximum atomic E-state index is 7.62. The third-order valence-corrected chi connectivity index (χ3v) is 2.40. The van der Waals surface area contributed by atoms with Gasteiger partial charge in [0.1, 0.15) is 0 Å². The van der Waals surface area contributed by atoms with E-state index in [4.69, 9.17) is 34.3 Å². The van der Waals surface area contributed by atoms with Crippen LogP contribution in [0.1, 0.15) is 12.0 Å². The molecule has 0 aliphatic rings. The van der Waals surface area contributed by atoms with Crippen molar-refractivity contribution in [2.45, 2.75) is 6.42 Å². The average molecular weight is 217 g/mol. The number of nitrogens with one attached hydrogen (secondary N) is 1. The van der Waals surface area contributed by atoms with Crippen molar-refractivity contribution in [2.24, 2.45) is 5.73 Å². The number of hydrogen-bond acceptors (Lipinski definition) is 2. The Morgan fingerprint density at radius 1 is 1.31 bits per heavy atom. The largest absolute Gasteiger partial charge is 0.330 e. The fourth-order valence-corrected chi connectivity index (χ4v) is 1.27. The molecule has 0 amide bonds. The van der Waals surface area contributed by atoms with Crippen LogP contribution in [0.25, 0.3) is 0 Å². The molecule has 3 N–H and O–H groups in total. The van der Waals surface area contributed by atoms with Crippen molar-refractivity contribution >= 4 is 28.9 Å². The monoisotopic (exact) mass is 216 g/mol. The van der Waals surface area contributed by atoms with E-state index < -0.39 is 0 Å². The molecule has 0 bridgehead atoms. The standard InChI is InChI=1S/C9H10Cl2N2/c10-7-2-1-6(5-8(7)11)9(13)3-4-12/h1-2,5,13H,3-4,12H2. The van der Waals surface area contributed by atoms with Crippen LogP contribution < -0.4 is 5.73 Å². The summed E-state index contributed by atoms with van der Waals surface area (Å²) >= 11 is 11.5. The summed E-state index contributed by atoms with van der Waals surface area (Å²) in [6.07, 6.45) is 0.554. The molecule has 70 valence electrons. The Kier molecular flexibility index (Phi) is 3.72. The molecule has 0 aliphatic heterocycles. The van der Waals surface area contributed by atoms with Crippen molar-refractivity contribution in [3.05, 3.63) is 33.8 Å². The lowest BCUT2D eigenvalue weighted by Gasteiger charge is -2.03. The summed E-state index contributed by atoms with van der Waals surface area (Å²) in [4.78, 5) is 0. The maximum Gasteiger partial charge on any atom is 0.0598 e. The van der Waals surface area contributed by atoms with E-state index in [1.165, 1.54) is 0 Å². The number of hydrogen-bond donors (Lipinski definition) is 2. The van der Waals surface area contributed by atoms with Crippen LogP contribution in [-0.2, 0) is 0 Å². The lowest BCUT2D eigenvalue weighted by molar-refractivity contribution is 1.03. The van der Waals surface area contributed by atoms with Crippen molar-refractivity contribution in [2.75, 3.05) is 6.54 Å². The molecule has 0 spiro atoms. The summed E-state index contributed by atoms with van der Waals surface area (Å²) in [6, 6.07) is 5.14. The highest BCUT2D eigenvalue weighted by molar-refractivity contribution is 6.42. The van der Waals surface area contributed by atoms with E-state index in [-0.39, 0.29) is 0 Å². The molecule has 0 saturated heterocycles. The Morgan fingerprint density at radius 2 is 2.00 bits per heavy atom. The first-order valence-corrected chi connectivity index (χ1v) is 4.63. The quantitative estimate of drug-likeness (QED) is 0.751. The van der Waals surface area contributed by atoms with E-state index in [0.717, 1.165) is 5.56 Å². The predicted molar refractivity (Wildman–Crippen MR) is 57.0 cm³/mol. The van der Waals surface area contributed by atoms with Gasteiger partial charge in [0.25, 0.3) is 0 Å². The van der Waals surface area contributed by atoms with E-state index in [9.17, 15) is 0 Å². The molecule has 1 aromatic carbocycles. The molecule has 0 aliphatic carbocycles. The fourth-order valence-electron chi connectivity index (χ4n) is 0.973. The molecule has 0 fully saturated rings. The van der Waals surface area contributed by atoms with Crippen molar-refractivity contribution < 1.29 is 0 Å². The van der Waals surface area contributed by atoms with Crippen LogP contribution in [0.2, 0.25) is 10.0 Å². The number of halogens is 2. The van der Waals surface area contributed by atoms with Gasteiger partial charge in [0.2, 0.25) is 0 Å². The topological polar surface area (TPSA) is 49.9 Å². The minimum atomic E-state index is 0.471. The Morgan fingerprint density at radius 3 is 2.54 bits per heavy atom. The molecule has 0 heterocycles. The van der Waals surface area contributed by atoms with Crippen molar-refractivity contribution in [3.8, 4) is 0 Å². The zero-order chi connectivity index (χ0) is 9.84. The Bertz CT molecular complexity index is 323. The van der Waals surface area contributed by atoms with Gasteiger partial charge in [0.15, 0.2) is 0 Å². The minimum absolute atomic E-state index is 0.471. The molecule has 2 nitrogen and oxygen atoms in total. The molecular weight excluding hydrogens is 207 g/mol. The van der Waals surface area contributed by atoms with Gasteiger partial charge in [-0.2, -0.15) is 0 Å². The van der Waals surface area contributed by atoms with Gasteiger partial charge < -0.3 is 11.1 Å². The summed E-state index contributed by atoms with van der Waals surface area (Å²) < 4.78 is 0. The molecule has 13 heavy (non-hydrogen) atoms. The third-order valence-electron chi connectivity index (χ3n) is 1.66. The zero-order valence-electron chi connectivity index (χ0n) is 6.98. The highest BCUT2D eigenvalue weighted by atomic mass is 35.5. The van der Waals surface area contributed by atoms with E-state index in [2.05, 4.69) is 0 Å². The highest BCUT2D eigenvalue weighted by Gasteiger charge is 2.03. The third kappa shape index (κ3) is 2.69. The second-order valence-electron chi connectivity index (χ2n) is 2.65. The fraction of sp³-hybridized carbons (Fsp3) is 0.222. The normalized spacial score (nSPS) is 10.1. The van der Waals surface area contributed by atoms with E-state index in [1.807, 2.05) is 0 Å². The van der Waals surface area contributed by atoms with Crippen LogP contribution in [0, 0.1) is 5.41 Å². The Balaban J connectivity index is 2.90. The van der Waals surface area contributed by atoms with Gasteiger partial charge in [0.05, 0.1) is 10.0 Å². The van der Waals surface area contributed by atoms with Crippen LogP contribution in [0.5, 0.6) is 0 Å². The lowest BCUT2D eigenvalue weighted by atomic mass is 10.1. The number of benzene rings is 1. The van der Waals surface area contributed by atoms with Crippen molar-refractivity contribution in [3.63, 3.8) is 0 Å². The zero-order valence-corrected chi connectivity index (χ0v) is 8.49. The van der Waals surface area contributed by atoms with Crippen LogP contribution in [0.3, 0.4) is 0 Å². The molecule has 0 unspecified atom stereocenters. The minimum Gasteiger partial charge on any atom is -0.330 e. The number of rotatable bonds is 3. The second kappa shape index (κ2) is 4.61. The summed E-state index contributed by atoms with van der Waals surface area (Å²) in [5, 5.41) is 8.59. The summed E-state index contributed by atoms with van der Waals surface area (Å²) in [6.45, 7) is 0.471. The Hall–Kier alpha value is -0.570. The number of nitrogens with two attached hydrogens (primary N) is 1. The summed E-state index contributed by atoms with van der Waals surface area (Å²) in [7, 11) is 0. The van der Waals surface area contributed by atoms with Crippen molar-refractivity contribution in [1.82, 2.24) is 0 Å². The maximum absolute atomic E-state index is 7.62. The van der Waals surface area contributed by atoms with E-state index >= 15 is 0 Å². The second-order valence-corrected chi connectivity index (χ2v) is 3.46. The molecule has 1 rings (SSSR count). The molecule has 1 aromatic rings. The highest BCUT2D eigenvalue weighted by Crippen LogP contribution is 2.22. The van der Waals surface area contributed by atoms with Gasteiger partial charge in [0, 0.05) is 12.1 Å². The van der Waals surface area contributed by atoms with Crippen LogP contribution in [0.4, 0.5) is 0 Å². The van der Waals surface area contributed by atoms with Crippen LogP contribution in [-0.4, -0.2) is 12.3 Å². The van der Waals surface area contributed by atoms with E-state index in [1.54, 1.807) is 18.2 Å². The van der Waals surface area contributed by atoms with Gasteiger partial charge in [-0.15, -0.1) is 0 Å². The molecule has 0 radical (unpaired) electrons. The lowest BCUT2D eigenvalue weighted by Crippen LogP contribution is -2.07. The molecule has 0 aromatic heterocycles. The van der Waals surface area contributed by atoms with Gasteiger partial charge in [-0.05, 0) is 24.2 Å². The van der Waals surface area contributed by atoms with Gasteiger partial charge in [-0.3, -0.25) is 0 Å². The molecule has 0 saturated carbocycles. The first-order valence-electron chi connectivity index (χ1n) is 3.88. The van der Waals surface area contributed by atoms with Crippen molar-refractivity contribution in [1.29, 1.82) is 5.41 Å². The van der Waals surface area contributed by atoms with E-state index in [0.29, 0.717) is 28.7 Å². The predicted octanol–water partition coefficient (Wildman–Crippen LogP) is 2.71.